The van der Waals surface area contributed by atoms with Gasteiger partial charge in [-0.25, -0.2) is 13.2 Å². The number of aliphatic carboxylic acids is 1. The standard InChI is InChI=1S/C21H24N2O4S2/c1-15-9-11-17(12-10-15)29(26,27)23-13-5-8-19(23)20(28)22-18(21(24)25)14-16-6-3-2-4-7-16/h2-4,6-7,9-12,18-19H,5,8,13-14H2,1H3,(H,22,28)(H,24,25)/t18-,19?/m0/s1. The summed E-state index contributed by atoms with van der Waals surface area (Å²) < 4.78 is 27.6. The van der Waals surface area contributed by atoms with E-state index in [1.807, 2.05) is 37.3 Å². The Hall–Kier alpha value is -2.29. The van der Waals surface area contributed by atoms with Crippen LogP contribution < -0.4 is 5.32 Å². The largest absolute Gasteiger partial charge is 0.480 e. The van der Waals surface area contributed by atoms with Crippen molar-refractivity contribution in [2.75, 3.05) is 6.54 Å². The molecule has 0 spiro atoms. The number of benzene rings is 2. The van der Waals surface area contributed by atoms with Crippen LogP contribution in [0.25, 0.3) is 0 Å². The molecule has 1 heterocycles. The third kappa shape index (κ3) is 5.01. The Morgan fingerprint density at radius 3 is 2.48 bits per heavy atom. The van der Waals surface area contributed by atoms with Crippen LogP contribution in [0.4, 0.5) is 0 Å². The molecule has 8 heteroatoms. The van der Waals surface area contributed by atoms with Crippen LogP contribution in [0, 0.1) is 6.92 Å². The minimum Gasteiger partial charge on any atom is -0.480 e. The van der Waals surface area contributed by atoms with E-state index in [1.54, 1.807) is 24.3 Å². The molecule has 3 rings (SSSR count). The van der Waals surface area contributed by atoms with E-state index in [0.717, 1.165) is 11.1 Å². The van der Waals surface area contributed by atoms with Gasteiger partial charge in [0.25, 0.3) is 0 Å². The zero-order chi connectivity index (χ0) is 21.0. The number of carboxylic acids is 1. The summed E-state index contributed by atoms with van der Waals surface area (Å²) in [6.07, 6.45) is 1.50. The first-order valence-corrected chi connectivity index (χ1v) is 11.3. The summed E-state index contributed by atoms with van der Waals surface area (Å²) in [6.45, 7) is 2.26. The molecule has 0 saturated carbocycles. The molecule has 1 aliphatic rings. The highest BCUT2D eigenvalue weighted by atomic mass is 32.2. The van der Waals surface area contributed by atoms with Crippen molar-refractivity contribution >= 4 is 33.2 Å². The number of sulfonamides is 1. The highest BCUT2D eigenvalue weighted by molar-refractivity contribution is 7.89. The highest BCUT2D eigenvalue weighted by Crippen LogP contribution is 2.27. The Morgan fingerprint density at radius 1 is 1.21 bits per heavy atom. The van der Waals surface area contributed by atoms with E-state index < -0.39 is 28.1 Å². The quantitative estimate of drug-likeness (QED) is 0.655. The summed E-state index contributed by atoms with van der Waals surface area (Å²) in [4.78, 5) is 12.2. The van der Waals surface area contributed by atoms with Crippen molar-refractivity contribution in [3.63, 3.8) is 0 Å². The van der Waals surface area contributed by atoms with E-state index in [1.165, 1.54) is 4.31 Å². The van der Waals surface area contributed by atoms with Crippen molar-refractivity contribution in [3.8, 4) is 0 Å². The molecular weight excluding hydrogens is 408 g/mol. The highest BCUT2D eigenvalue weighted by Gasteiger charge is 2.38. The van der Waals surface area contributed by atoms with Gasteiger partial charge in [-0.2, -0.15) is 4.31 Å². The molecule has 2 aromatic rings. The van der Waals surface area contributed by atoms with Crippen molar-refractivity contribution in [2.24, 2.45) is 0 Å². The molecule has 2 N–H and O–H groups in total. The second-order valence-electron chi connectivity index (χ2n) is 7.18. The van der Waals surface area contributed by atoms with E-state index in [2.05, 4.69) is 5.32 Å². The number of hydrogen-bond acceptors (Lipinski definition) is 4. The number of rotatable bonds is 7. The summed E-state index contributed by atoms with van der Waals surface area (Å²) in [5.41, 5.74) is 1.84. The maximum absolute atomic E-state index is 13.1. The lowest BCUT2D eigenvalue weighted by molar-refractivity contribution is -0.139. The second kappa shape index (κ2) is 9.02. The molecule has 154 valence electrons. The van der Waals surface area contributed by atoms with Gasteiger partial charge < -0.3 is 10.4 Å². The number of nitrogens with one attached hydrogen (secondary N) is 1. The van der Waals surface area contributed by atoms with Gasteiger partial charge in [0.05, 0.1) is 15.9 Å². The predicted molar refractivity (Wildman–Crippen MR) is 115 cm³/mol. The molecule has 29 heavy (non-hydrogen) atoms. The van der Waals surface area contributed by atoms with E-state index >= 15 is 0 Å². The molecular formula is C21H24N2O4S2. The number of carbonyl (C=O) groups is 1. The molecule has 0 bridgehead atoms. The van der Waals surface area contributed by atoms with Crippen molar-refractivity contribution < 1.29 is 18.3 Å². The van der Waals surface area contributed by atoms with Gasteiger partial charge in [-0.3, -0.25) is 0 Å². The molecule has 1 unspecified atom stereocenters. The molecule has 0 amide bonds. The minimum absolute atomic E-state index is 0.219. The van der Waals surface area contributed by atoms with Crippen molar-refractivity contribution in [3.05, 3.63) is 65.7 Å². The topological polar surface area (TPSA) is 86.7 Å². The zero-order valence-corrected chi connectivity index (χ0v) is 17.7. The van der Waals surface area contributed by atoms with Crippen molar-refractivity contribution in [2.45, 2.75) is 43.2 Å². The van der Waals surface area contributed by atoms with Crippen LogP contribution in [0.2, 0.25) is 0 Å². The number of hydrogen-bond donors (Lipinski definition) is 2. The van der Waals surface area contributed by atoms with Gasteiger partial charge in [0.1, 0.15) is 6.04 Å². The van der Waals surface area contributed by atoms with Crippen LogP contribution in [0.1, 0.15) is 24.0 Å². The fourth-order valence-electron chi connectivity index (χ4n) is 3.45. The Balaban J connectivity index is 1.76. The fourth-order valence-corrected chi connectivity index (χ4v) is 5.57. The molecule has 2 atom stereocenters. The van der Waals surface area contributed by atoms with E-state index in [9.17, 15) is 18.3 Å². The average Bonchev–Trinajstić information content (AvgIpc) is 3.19. The maximum atomic E-state index is 13.1. The van der Waals surface area contributed by atoms with Gasteiger partial charge in [-0.15, -0.1) is 0 Å². The van der Waals surface area contributed by atoms with Crippen molar-refractivity contribution in [1.82, 2.24) is 9.62 Å². The lowest BCUT2D eigenvalue weighted by Gasteiger charge is -2.27. The summed E-state index contributed by atoms with van der Waals surface area (Å²) in [6, 6.07) is 14.5. The smallest absolute Gasteiger partial charge is 0.326 e. The molecule has 0 aliphatic carbocycles. The number of carboxylic acid groups (broad SMARTS) is 1. The van der Waals surface area contributed by atoms with Crippen LogP contribution in [-0.2, 0) is 21.2 Å². The van der Waals surface area contributed by atoms with E-state index in [4.69, 9.17) is 12.2 Å². The van der Waals surface area contributed by atoms with Gasteiger partial charge in [0.15, 0.2) is 0 Å². The second-order valence-corrected chi connectivity index (χ2v) is 9.51. The molecule has 1 saturated heterocycles. The molecule has 0 radical (unpaired) electrons. The summed E-state index contributed by atoms with van der Waals surface area (Å²) in [5.74, 6) is -1.03. The van der Waals surface area contributed by atoms with Gasteiger partial charge >= 0.3 is 5.97 Å². The Kier molecular flexibility index (Phi) is 6.66. The number of aryl methyl sites for hydroxylation is 1. The van der Waals surface area contributed by atoms with Gasteiger partial charge in [-0.05, 0) is 37.5 Å². The van der Waals surface area contributed by atoms with E-state index in [-0.39, 0.29) is 16.3 Å². The van der Waals surface area contributed by atoms with Crippen LogP contribution in [0.3, 0.4) is 0 Å². The molecule has 0 aromatic heterocycles. The number of nitrogens with zero attached hydrogens (tertiary/aromatic N) is 1. The lowest BCUT2D eigenvalue weighted by atomic mass is 10.1. The van der Waals surface area contributed by atoms with Gasteiger partial charge in [0.2, 0.25) is 10.0 Å². The SMILES string of the molecule is Cc1ccc(S(=O)(=O)N2CCCC2C(=S)N[C@@H](Cc2ccccc2)C(=O)O)cc1. The molecule has 2 aromatic carbocycles. The normalized spacial score (nSPS) is 18.3. The third-order valence-electron chi connectivity index (χ3n) is 5.03. The molecule has 1 fully saturated rings. The minimum atomic E-state index is -3.71. The predicted octanol–water partition coefficient (Wildman–Crippen LogP) is 2.76. The average molecular weight is 433 g/mol. The first kappa shape index (κ1) is 21.4. The Bertz CT molecular complexity index is 976. The van der Waals surface area contributed by atoms with Crippen molar-refractivity contribution in [1.29, 1.82) is 0 Å². The van der Waals surface area contributed by atoms with Crippen LogP contribution in [0.15, 0.2) is 59.5 Å². The van der Waals surface area contributed by atoms with E-state index in [0.29, 0.717) is 19.4 Å². The summed E-state index contributed by atoms with van der Waals surface area (Å²) >= 11 is 5.46. The monoisotopic (exact) mass is 432 g/mol. The third-order valence-corrected chi connectivity index (χ3v) is 7.34. The maximum Gasteiger partial charge on any atom is 0.326 e. The summed E-state index contributed by atoms with van der Waals surface area (Å²) in [5, 5.41) is 12.5. The first-order valence-electron chi connectivity index (χ1n) is 9.44. The number of thiocarbonyl (C=S) groups is 1. The first-order chi connectivity index (χ1) is 13.8. The van der Waals surface area contributed by atoms with Crippen LogP contribution >= 0.6 is 12.2 Å². The fraction of sp³-hybridized carbons (Fsp3) is 0.333. The summed E-state index contributed by atoms with van der Waals surface area (Å²) in [7, 11) is -3.71. The van der Waals surface area contributed by atoms with Gasteiger partial charge in [0, 0.05) is 13.0 Å². The lowest BCUT2D eigenvalue weighted by Crippen LogP contribution is -2.50. The van der Waals surface area contributed by atoms with Gasteiger partial charge in [-0.1, -0.05) is 60.2 Å². The van der Waals surface area contributed by atoms with Crippen LogP contribution in [0.5, 0.6) is 0 Å². The van der Waals surface area contributed by atoms with Crippen LogP contribution in [-0.4, -0.2) is 47.4 Å². The molecule has 6 nitrogen and oxygen atoms in total. The Labute approximate surface area is 176 Å². The Morgan fingerprint density at radius 2 is 1.86 bits per heavy atom. The zero-order valence-electron chi connectivity index (χ0n) is 16.1. The molecule has 1 aliphatic heterocycles.